The number of carbonyl (C=O) groups excluding carboxylic acids is 3. The predicted octanol–water partition coefficient (Wildman–Crippen LogP) is 6.43. The maximum atomic E-state index is 13.5. The Balaban J connectivity index is 1.53. The Bertz CT molecular complexity index is 1650. The second-order valence-electron chi connectivity index (χ2n) is 8.72. The summed E-state index contributed by atoms with van der Waals surface area (Å²) in [6.45, 7) is 1.69. The first-order chi connectivity index (χ1) is 20.5. The zero-order valence-corrected chi connectivity index (χ0v) is 24.6. The fraction of sp³-hybridized carbons (Fsp3) is 0.179. The number of nitrogens with zero attached hydrogens (tertiary/aromatic N) is 3. The van der Waals surface area contributed by atoms with Gasteiger partial charge >= 0.3 is 12.1 Å². The van der Waals surface area contributed by atoms with Crippen molar-refractivity contribution < 1.29 is 32.3 Å². The van der Waals surface area contributed by atoms with E-state index in [0.29, 0.717) is 16.3 Å². The number of alkyl halides is 3. The van der Waals surface area contributed by atoms with E-state index >= 15 is 0 Å². The number of thioether (sulfide) groups is 1. The highest BCUT2D eigenvalue weighted by molar-refractivity contribution is 7.99. The SMILES string of the molecule is CCOC(=O)c1ccc(NC(=O)CSc2nnc(CNC(=O)c3ccc(Cl)cc3Cl)n2-c2cccc(C(F)(F)F)c2)cc1. The lowest BCUT2D eigenvalue weighted by molar-refractivity contribution is -0.137. The van der Waals surface area contributed by atoms with Gasteiger partial charge in [-0.15, -0.1) is 10.2 Å². The Kier molecular flexibility index (Phi) is 10.3. The van der Waals surface area contributed by atoms with Gasteiger partial charge in [-0.2, -0.15) is 13.2 Å². The van der Waals surface area contributed by atoms with E-state index in [1.54, 1.807) is 6.92 Å². The highest BCUT2D eigenvalue weighted by Gasteiger charge is 2.31. The molecule has 0 unspecified atom stereocenters. The summed E-state index contributed by atoms with van der Waals surface area (Å²) in [7, 11) is 0. The van der Waals surface area contributed by atoms with Crippen LogP contribution in [0.25, 0.3) is 5.69 Å². The number of anilines is 1. The maximum Gasteiger partial charge on any atom is 0.416 e. The highest BCUT2D eigenvalue weighted by atomic mass is 35.5. The lowest BCUT2D eigenvalue weighted by Crippen LogP contribution is -2.25. The molecule has 4 rings (SSSR count). The topological polar surface area (TPSA) is 115 Å². The van der Waals surface area contributed by atoms with E-state index in [9.17, 15) is 27.6 Å². The van der Waals surface area contributed by atoms with Crippen LogP contribution in [0, 0.1) is 0 Å². The minimum Gasteiger partial charge on any atom is -0.462 e. The number of halogens is 5. The number of carbonyl (C=O) groups is 3. The van der Waals surface area contributed by atoms with Crippen molar-refractivity contribution in [1.29, 1.82) is 0 Å². The standard InChI is InChI=1S/C28H22Cl2F3N5O4S/c1-2-42-26(41)16-6-9-19(10-7-16)35-24(39)15-43-27-37-36-23(14-34-25(40)21-11-8-18(29)13-22(21)30)38(27)20-5-3-4-17(12-20)28(31,32)33/h3-13H,2,14-15H2,1H3,(H,34,40)(H,35,39). The first-order valence-corrected chi connectivity index (χ1v) is 14.3. The van der Waals surface area contributed by atoms with Crippen LogP contribution in [0.15, 0.2) is 71.9 Å². The number of rotatable bonds is 10. The molecule has 0 aliphatic rings. The first-order valence-electron chi connectivity index (χ1n) is 12.5. The summed E-state index contributed by atoms with van der Waals surface area (Å²) in [5.74, 6) is -1.57. The van der Waals surface area contributed by atoms with E-state index in [1.165, 1.54) is 59.2 Å². The van der Waals surface area contributed by atoms with E-state index in [-0.39, 0.29) is 46.2 Å². The second kappa shape index (κ2) is 13.9. The van der Waals surface area contributed by atoms with Crippen LogP contribution >= 0.6 is 35.0 Å². The molecule has 0 aliphatic heterocycles. The Morgan fingerprint density at radius 2 is 1.74 bits per heavy atom. The quantitative estimate of drug-likeness (QED) is 0.150. The third-order valence-corrected chi connectivity index (χ3v) is 7.20. The Hall–Kier alpha value is -4.07. The zero-order chi connectivity index (χ0) is 31.1. The lowest BCUT2D eigenvalue weighted by atomic mass is 10.2. The molecule has 2 N–H and O–H groups in total. The van der Waals surface area contributed by atoms with E-state index in [1.807, 2.05) is 0 Å². The third kappa shape index (κ3) is 8.27. The summed E-state index contributed by atoms with van der Waals surface area (Å²) < 4.78 is 46.7. The van der Waals surface area contributed by atoms with E-state index in [2.05, 4.69) is 20.8 Å². The number of ether oxygens (including phenoxy) is 1. The summed E-state index contributed by atoms with van der Waals surface area (Å²) >= 11 is 12.9. The van der Waals surface area contributed by atoms with Crippen molar-refractivity contribution in [2.75, 3.05) is 17.7 Å². The van der Waals surface area contributed by atoms with Gasteiger partial charge in [0.05, 0.1) is 46.3 Å². The molecule has 0 aliphatic carbocycles. The number of nitrogens with one attached hydrogen (secondary N) is 2. The van der Waals surface area contributed by atoms with Crippen LogP contribution < -0.4 is 10.6 Å². The molecule has 15 heteroatoms. The van der Waals surface area contributed by atoms with Crippen molar-refractivity contribution in [1.82, 2.24) is 20.1 Å². The van der Waals surface area contributed by atoms with E-state index in [0.717, 1.165) is 23.9 Å². The summed E-state index contributed by atoms with van der Waals surface area (Å²) in [5.41, 5.74) is 0.0500. The van der Waals surface area contributed by atoms with Gasteiger partial charge in [0.1, 0.15) is 0 Å². The number of esters is 1. The molecule has 0 bridgehead atoms. The van der Waals surface area contributed by atoms with Crippen LogP contribution in [-0.2, 0) is 22.3 Å². The molecule has 43 heavy (non-hydrogen) atoms. The fourth-order valence-corrected chi connectivity index (χ4v) is 5.01. The predicted molar refractivity (Wildman–Crippen MR) is 156 cm³/mol. The second-order valence-corrected chi connectivity index (χ2v) is 10.5. The van der Waals surface area contributed by atoms with Crippen LogP contribution in [-0.4, -0.2) is 44.9 Å². The molecule has 224 valence electrons. The number of aromatic nitrogens is 3. The van der Waals surface area contributed by atoms with Crippen molar-refractivity contribution in [2.45, 2.75) is 24.8 Å². The van der Waals surface area contributed by atoms with Gasteiger partial charge in [-0.25, -0.2) is 4.79 Å². The molecule has 1 heterocycles. The monoisotopic (exact) mass is 651 g/mol. The lowest BCUT2D eigenvalue weighted by Gasteiger charge is -2.14. The largest absolute Gasteiger partial charge is 0.462 e. The molecule has 3 aromatic carbocycles. The number of hydrogen-bond acceptors (Lipinski definition) is 7. The van der Waals surface area contributed by atoms with Crippen LogP contribution in [0.3, 0.4) is 0 Å². The van der Waals surface area contributed by atoms with Crippen LogP contribution in [0.5, 0.6) is 0 Å². The molecule has 0 saturated carbocycles. The molecule has 0 radical (unpaired) electrons. The van der Waals surface area contributed by atoms with Gasteiger partial charge in [0.15, 0.2) is 11.0 Å². The third-order valence-electron chi connectivity index (χ3n) is 5.73. The van der Waals surface area contributed by atoms with Crippen molar-refractivity contribution >= 4 is 58.4 Å². The van der Waals surface area contributed by atoms with Gasteiger partial charge in [-0.3, -0.25) is 14.2 Å². The van der Waals surface area contributed by atoms with Gasteiger partial charge in [0.2, 0.25) is 5.91 Å². The summed E-state index contributed by atoms with van der Waals surface area (Å²) in [6, 6.07) is 14.9. The molecular formula is C28H22Cl2F3N5O4S. The first kappa shape index (κ1) is 31.9. The van der Waals surface area contributed by atoms with Crippen molar-refractivity contribution in [2.24, 2.45) is 0 Å². The van der Waals surface area contributed by atoms with Gasteiger partial charge in [-0.1, -0.05) is 41.0 Å². The molecule has 4 aromatic rings. The number of hydrogen-bond donors (Lipinski definition) is 2. The Morgan fingerprint density at radius 3 is 2.42 bits per heavy atom. The maximum absolute atomic E-state index is 13.5. The number of amides is 2. The van der Waals surface area contributed by atoms with Gasteiger partial charge in [0.25, 0.3) is 5.91 Å². The molecular weight excluding hydrogens is 630 g/mol. The summed E-state index contributed by atoms with van der Waals surface area (Å²) in [4.78, 5) is 37.2. The minimum absolute atomic E-state index is 0.0751. The van der Waals surface area contributed by atoms with Crippen LogP contribution in [0.2, 0.25) is 10.0 Å². The van der Waals surface area contributed by atoms with E-state index in [4.69, 9.17) is 27.9 Å². The van der Waals surface area contributed by atoms with Gasteiger partial charge in [-0.05, 0) is 67.6 Å². The molecule has 0 saturated heterocycles. The van der Waals surface area contributed by atoms with Gasteiger partial charge in [0, 0.05) is 10.7 Å². The zero-order valence-electron chi connectivity index (χ0n) is 22.2. The van der Waals surface area contributed by atoms with Crippen molar-refractivity contribution in [3.63, 3.8) is 0 Å². The van der Waals surface area contributed by atoms with Crippen molar-refractivity contribution in [3.8, 4) is 5.69 Å². The van der Waals surface area contributed by atoms with Crippen molar-refractivity contribution in [3.05, 3.63) is 99.3 Å². The minimum atomic E-state index is -4.61. The average molecular weight is 652 g/mol. The molecule has 1 aromatic heterocycles. The molecule has 0 fully saturated rings. The summed E-state index contributed by atoms with van der Waals surface area (Å²) in [6.07, 6.45) is -4.61. The molecule has 0 spiro atoms. The van der Waals surface area contributed by atoms with Crippen LogP contribution in [0.4, 0.5) is 18.9 Å². The van der Waals surface area contributed by atoms with Crippen LogP contribution in [0.1, 0.15) is 39.0 Å². The fourth-order valence-electron chi connectivity index (χ4n) is 3.75. The summed E-state index contributed by atoms with van der Waals surface area (Å²) in [5, 5.41) is 14.0. The molecule has 9 nitrogen and oxygen atoms in total. The van der Waals surface area contributed by atoms with E-state index < -0.39 is 29.5 Å². The normalized spacial score (nSPS) is 11.2. The Labute approximate surface area is 257 Å². The number of benzene rings is 3. The Morgan fingerprint density at radius 1 is 1.00 bits per heavy atom. The smallest absolute Gasteiger partial charge is 0.416 e. The highest BCUT2D eigenvalue weighted by Crippen LogP contribution is 2.32. The molecule has 2 amide bonds. The molecule has 0 atom stereocenters. The average Bonchev–Trinajstić information content (AvgIpc) is 3.37. The van der Waals surface area contributed by atoms with Gasteiger partial charge < -0.3 is 15.4 Å².